The van der Waals surface area contributed by atoms with Gasteiger partial charge in [0.15, 0.2) is 4.96 Å². The fraction of sp³-hybridized carbons (Fsp3) is 0.158. The van der Waals surface area contributed by atoms with Gasteiger partial charge in [-0.05, 0) is 43.7 Å². The highest BCUT2D eigenvalue weighted by Gasteiger charge is 2.15. The van der Waals surface area contributed by atoms with Gasteiger partial charge in [-0.25, -0.2) is 4.98 Å². The van der Waals surface area contributed by atoms with Crippen molar-refractivity contribution in [1.82, 2.24) is 9.38 Å². The Morgan fingerprint density at radius 1 is 1.20 bits per heavy atom. The van der Waals surface area contributed by atoms with Gasteiger partial charge in [-0.2, -0.15) is 0 Å². The van der Waals surface area contributed by atoms with Gasteiger partial charge in [0.2, 0.25) is 0 Å². The lowest BCUT2D eigenvalue weighted by atomic mass is 10.2. The molecule has 0 spiro atoms. The Kier molecular flexibility index (Phi) is 4.19. The van der Waals surface area contributed by atoms with E-state index in [-0.39, 0.29) is 0 Å². The second-order valence-corrected chi connectivity index (χ2v) is 7.23. The van der Waals surface area contributed by atoms with Crippen LogP contribution < -0.4 is 0 Å². The van der Waals surface area contributed by atoms with Crippen LogP contribution in [0.25, 0.3) is 16.0 Å². The van der Waals surface area contributed by atoms with Crippen LogP contribution in [-0.4, -0.2) is 15.1 Å². The monoisotopic (exact) mass is 369 g/mol. The molecule has 4 nitrogen and oxygen atoms in total. The molecule has 2 aromatic heterocycles. The number of aromatic nitrogens is 2. The van der Waals surface area contributed by atoms with Gasteiger partial charge < -0.3 is 4.84 Å². The van der Waals surface area contributed by atoms with Crippen LogP contribution in [-0.2, 0) is 11.4 Å². The highest BCUT2D eigenvalue weighted by molar-refractivity contribution is 7.19. The third-order valence-corrected chi connectivity index (χ3v) is 5.57. The number of oxime groups is 1. The molecule has 0 bridgehead atoms. The Labute approximate surface area is 154 Å². The predicted octanol–water partition coefficient (Wildman–Crippen LogP) is 5.45. The lowest BCUT2D eigenvalue weighted by Crippen LogP contribution is -1.98. The first-order chi connectivity index (χ1) is 12.1. The molecule has 0 saturated carbocycles. The summed E-state index contributed by atoms with van der Waals surface area (Å²) in [5.41, 5.74) is 5.14. The van der Waals surface area contributed by atoms with Crippen molar-refractivity contribution in [2.24, 2.45) is 5.16 Å². The molecule has 126 valence electrons. The molecule has 0 amide bonds. The molecule has 2 aromatic carbocycles. The zero-order valence-corrected chi connectivity index (χ0v) is 15.4. The highest BCUT2D eigenvalue weighted by atomic mass is 35.5. The lowest BCUT2D eigenvalue weighted by Gasteiger charge is -2.03. The van der Waals surface area contributed by atoms with E-state index in [9.17, 15) is 0 Å². The number of aryl methyl sites for hydroxylation is 1. The maximum atomic E-state index is 5.89. The highest BCUT2D eigenvalue weighted by Crippen LogP contribution is 2.28. The van der Waals surface area contributed by atoms with Crippen LogP contribution in [0.1, 0.15) is 23.1 Å². The molecular weight excluding hydrogens is 354 g/mol. The topological polar surface area (TPSA) is 38.9 Å². The summed E-state index contributed by atoms with van der Waals surface area (Å²) in [4.78, 5) is 12.3. The molecular formula is C19H16ClN3OS. The van der Waals surface area contributed by atoms with Crippen LogP contribution in [0.4, 0.5) is 0 Å². The Hall–Kier alpha value is -2.37. The molecule has 4 aromatic rings. The lowest BCUT2D eigenvalue weighted by molar-refractivity contribution is 0.130. The third kappa shape index (κ3) is 3.01. The van der Waals surface area contributed by atoms with E-state index >= 15 is 0 Å². The van der Waals surface area contributed by atoms with E-state index < -0.39 is 0 Å². The second kappa shape index (κ2) is 6.50. The van der Waals surface area contributed by atoms with Crippen molar-refractivity contribution < 1.29 is 4.84 Å². The Bertz CT molecular complexity index is 1080. The van der Waals surface area contributed by atoms with Gasteiger partial charge in [0.05, 0.1) is 21.6 Å². The summed E-state index contributed by atoms with van der Waals surface area (Å²) in [6.45, 7) is 4.46. The van der Waals surface area contributed by atoms with Crippen LogP contribution in [0, 0.1) is 6.92 Å². The van der Waals surface area contributed by atoms with E-state index in [2.05, 4.69) is 27.5 Å². The van der Waals surface area contributed by atoms with E-state index in [1.165, 1.54) is 0 Å². The van der Waals surface area contributed by atoms with Crippen LogP contribution in [0.2, 0.25) is 5.02 Å². The molecule has 0 aliphatic carbocycles. The van der Waals surface area contributed by atoms with Gasteiger partial charge in [-0.1, -0.05) is 52.4 Å². The Morgan fingerprint density at radius 3 is 2.76 bits per heavy atom. The van der Waals surface area contributed by atoms with Crippen molar-refractivity contribution in [2.75, 3.05) is 0 Å². The molecule has 0 saturated heterocycles. The van der Waals surface area contributed by atoms with E-state index in [0.717, 1.165) is 37.8 Å². The molecule has 0 aliphatic heterocycles. The number of hydrogen-bond donors (Lipinski definition) is 0. The molecule has 2 heterocycles. The van der Waals surface area contributed by atoms with E-state index in [4.69, 9.17) is 16.4 Å². The Balaban J connectivity index is 1.60. The minimum Gasteiger partial charge on any atom is -0.391 e. The molecule has 0 radical (unpaired) electrons. The van der Waals surface area contributed by atoms with Gasteiger partial charge in [0, 0.05) is 10.7 Å². The molecule has 0 unspecified atom stereocenters. The van der Waals surface area contributed by atoms with Crippen LogP contribution in [0.3, 0.4) is 0 Å². The Morgan fingerprint density at radius 2 is 1.96 bits per heavy atom. The van der Waals surface area contributed by atoms with Crippen molar-refractivity contribution in [3.05, 3.63) is 69.7 Å². The minimum atomic E-state index is 0.416. The van der Waals surface area contributed by atoms with Crippen LogP contribution >= 0.6 is 22.9 Å². The first-order valence-corrected chi connectivity index (χ1v) is 9.11. The maximum absolute atomic E-state index is 5.89. The van der Waals surface area contributed by atoms with Gasteiger partial charge in [0.25, 0.3) is 0 Å². The van der Waals surface area contributed by atoms with Crippen molar-refractivity contribution in [3.8, 4) is 0 Å². The standard InChI is InChI=1S/C19H16ClN3OS/c1-12(22-24-11-14-7-9-15(20)10-8-14)18-13(2)23-17-6-4-3-5-16(17)21-19(23)25-18/h3-10H,11H2,1-2H3. The largest absolute Gasteiger partial charge is 0.391 e. The summed E-state index contributed by atoms with van der Waals surface area (Å²) in [6.07, 6.45) is 0. The van der Waals surface area contributed by atoms with Gasteiger partial charge in [0.1, 0.15) is 6.61 Å². The number of fused-ring (bicyclic) bond motifs is 3. The van der Waals surface area contributed by atoms with E-state index in [1.54, 1.807) is 11.3 Å². The average molecular weight is 370 g/mol. The average Bonchev–Trinajstić information content (AvgIpc) is 3.13. The van der Waals surface area contributed by atoms with Crippen molar-refractivity contribution in [2.45, 2.75) is 20.5 Å². The first kappa shape index (κ1) is 16.1. The summed E-state index contributed by atoms with van der Waals surface area (Å²) in [5.74, 6) is 0. The van der Waals surface area contributed by atoms with Gasteiger partial charge >= 0.3 is 0 Å². The summed E-state index contributed by atoms with van der Waals surface area (Å²) in [5, 5.41) is 5.00. The quantitative estimate of drug-likeness (QED) is 0.354. The minimum absolute atomic E-state index is 0.416. The van der Waals surface area contributed by atoms with E-state index in [0.29, 0.717) is 11.6 Å². The number of imidazole rings is 1. The molecule has 0 fully saturated rings. The summed E-state index contributed by atoms with van der Waals surface area (Å²) >= 11 is 7.52. The fourth-order valence-electron chi connectivity index (χ4n) is 2.82. The number of benzene rings is 2. The third-order valence-electron chi connectivity index (χ3n) is 4.06. The van der Waals surface area contributed by atoms with E-state index in [1.807, 2.05) is 49.4 Å². The molecule has 0 N–H and O–H groups in total. The second-order valence-electron chi connectivity index (χ2n) is 5.81. The van der Waals surface area contributed by atoms with Gasteiger partial charge in [-0.3, -0.25) is 4.40 Å². The summed E-state index contributed by atoms with van der Waals surface area (Å²) < 4.78 is 2.17. The van der Waals surface area contributed by atoms with Crippen molar-refractivity contribution >= 4 is 44.6 Å². The number of nitrogens with zero attached hydrogens (tertiary/aromatic N) is 3. The number of rotatable bonds is 4. The van der Waals surface area contributed by atoms with Gasteiger partial charge in [-0.15, -0.1) is 0 Å². The smallest absolute Gasteiger partial charge is 0.195 e. The molecule has 25 heavy (non-hydrogen) atoms. The molecule has 6 heteroatoms. The summed E-state index contributed by atoms with van der Waals surface area (Å²) in [7, 11) is 0. The summed E-state index contributed by atoms with van der Waals surface area (Å²) in [6, 6.07) is 15.7. The van der Waals surface area contributed by atoms with Crippen LogP contribution in [0.15, 0.2) is 53.7 Å². The molecule has 0 atom stereocenters. The van der Waals surface area contributed by atoms with Crippen molar-refractivity contribution in [1.29, 1.82) is 0 Å². The predicted molar refractivity (Wildman–Crippen MR) is 104 cm³/mol. The number of para-hydroxylation sites is 2. The number of halogens is 1. The molecule has 0 aliphatic rings. The zero-order valence-electron chi connectivity index (χ0n) is 13.9. The normalized spacial score (nSPS) is 12.2. The van der Waals surface area contributed by atoms with Crippen molar-refractivity contribution in [3.63, 3.8) is 0 Å². The fourth-order valence-corrected chi connectivity index (χ4v) is 4.03. The maximum Gasteiger partial charge on any atom is 0.195 e. The number of thiazole rings is 1. The molecule has 4 rings (SSSR count). The number of hydrogen-bond acceptors (Lipinski definition) is 4. The zero-order chi connectivity index (χ0) is 17.4. The first-order valence-electron chi connectivity index (χ1n) is 7.91. The SMILES string of the molecule is CC(=NOCc1ccc(Cl)cc1)c1sc2nc3ccccc3n2c1C. The van der Waals surface area contributed by atoms with Crippen LogP contribution in [0.5, 0.6) is 0 Å².